The van der Waals surface area contributed by atoms with E-state index in [-0.39, 0.29) is 11.8 Å². The average Bonchev–Trinajstić information content (AvgIpc) is 3.06. The van der Waals surface area contributed by atoms with E-state index in [0.717, 1.165) is 30.3 Å². The summed E-state index contributed by atoms with van der Waals surface area (Å²) in [6.45, 7) is 6.35. The molecule has 5 nitrogen and oxygen atoms in total. The maximum absolute atomic E-state index is 12.8. The van der Waals surface area contributed by atoms with Crippen molar-refractivity contribution in [3.63, 3.8) is 0 Å². The van der Waals surface area contributed by atoms with Crippen molar-refractivity contribution in [1.29, 1.82) is 0 Å². The monoisotopic (exact) mass is 339 g/mol. The molecule has 0 aliphatic carbocycles. The van der Waals surface area contributed by atoms with Crippen LogP contribution < -0.4 is 10.6 Å². The highest BCUT2D eigenvalue weighted by Crippen LogP contribution is 2.24. The fourth-order valence-electron chi connectivity index (χ4n) is 3.57. The summed E-state index contributed by atoms with van der Waals surface area (Å²) in [6, 6.07) is 11.9. The Morgan fingerprint density at radius 2 is 1.92 bits per heavy atom. The predicted octanol–water partition coefficient (Wildman–Crippen LogP) is 3.01. The van der Waals surface area contributed by atoms with Crippen LogP contribution in [0, 0.1) is 0 Å². The molecule has 1 saturated heterocycles. The first-order valence-corrected chi connectivity index (χ1v) is 8.91. The van der Waals surface area contributed by atoms with Gasteiger partial charge in [-0.15, -0.1) is 0 Å². The lowest BCUT2D eigenvalue weighted by Gasteiger charge is -2.23. The maximum Gasteiger partial charge on any atom is 0.253 e. The van der Waals surface area contributed by atoms with Crippen LogP contribution in [-0.4, -0.2) is 42.4 Å². The Hall–Kier alpha value is -2.40. The quantitative estimate of drug-likeness (QED) is 0.880. The van der Waals surface area contributed by atoms with Crippen molar-refractivity contribution in [3.8, 4) is 0 Å². The van der Waals surface area contributed by atoms with Gasteiger partial charge in [0.25, 0.3) is 5.91 Å². The molecule has 25 heavy (non-hydrogen) atoms. The van der Waals surface area contributed by atoms with Gasteiger partial charge in [-0.2, -0.15) is 0 Å². The van der Waals surface area contributed by atoms with Gasteiger partial charge in [-0.3, -0.25) is 14.5 Å². The Bertz CT molecular complexity index is 788. The van der Waals surface area contributed by atoms with E-state index < -0.39 is 0 Å². The summed E-state index contributed by atoms with van der Waals surface area (Å²) in [5.74, 6) is -0.324. The van der Waals surface area contributed by atoms with E-state index in [1.54, 1.807) is 0 Å². The summed E-state index contributed by atoms with van der Waals surface area (Å²) in [5.41, 5.74) is 1.07. The number of carbonyl (C=O) groups is 2. The second-order valence-electron chi connectivity index (χ2n) is 6.56. The summed E-state index contributed by atoms with van der Waals surface area (Å²) >= 11 is 0. The number of anilines is 1. The van der Waals surface area contributed by atoms with Gasteiger partial charge in [0.15, 0.2) is 0 Å². The number of hydrogen-bond donors (Lipinski definition) is 2. The van der Waals surface area contributed by atoms with Gasteiger partial charge in [0.05, 0.1) is 11.3 Å². The van der Waals surface area contributed by atoms with Crippen LogP contribution in [0.3, 0.4) is 0 Å². The third-order valence-electron chi connectivity index (χ3n) is 4.84. The Morgan fingerprint density at radius 1 is 1.20 bits per heavy atom. The number of likely N-dealkylation sites (N-methyl/N-ethyl adjacent to an activating group) is 1. The molecular weight excluding hydrogens is 314 g/mol. The molecule has 0 spiro atoms. The van der Waals surface area contributed by atoms with Gasteiger partial charge in [-0.25, -0.2) is 0 Å². The fourth-order valence-corrected chi connectivity index (χ4v) is 3.57. The van der Waals surface area contributed by atoms with Crippen molar-refractivity contribution >= 4 is 28.3 Å². The zero-order valence-corrected chi connectivity index (χ0v) is 14.8. The Morgan fingerprint density at radius 3 is 2.60 bits per heavy atom. The molecule has 5 heteroatoms. The Balaban J connectivity index is 1.82. The van der Waals surface area contributed by atoms with Crippen LogP contribution in [-0.2, 0) is 4.79 Å². The average molecular weight is 339 g/mol. The predicted molar refractivity (Wildman–Crippen MR) is 101 cm³/mol. The lowest BCUT2D eigenvalue weighted by Crippen LogP contribution is -2.40. The molecule has 2 aromatic rings. The SMILES string of the molecule is CCN1CCC[C@H]1CNC(=O)c1cc2ccccc2cc1NC(C)=O. The van der Waals surface area contributed by atoms with E-state index in [2.05, 4.69) is 22.5 Å². The lowest BCUT2D eigenvalue weighted by molar-refractivity contribution is -0.114. The third-order valence-corrected chi connectivity index (χ3v) is 4.84. The molecule has 2 aromatic carbocycles. The van der Waals surface area contributed by atoms with Gasteiger partial charge in [0.1, 0.15) is 0 Å². The molecule has 1 atom stereocenters. The molecule has 0 aromatic heterocycles. The van der Waals surface area contributed by atoms with Crippen LogP contribution in [0.25, 0.3) is 10.8 Å². The minimum absolute atomic E-state index is 0.141. The minimum atomic E-state index is -0.183. The number of carbonyl (C=O) groups excluding carboxylic acids is 2. The molecule has 1 aliphatic rings. The molecule has 132 valence electrons. The molecule has 0 unspecified atom stereocenters. The van der Waals surface area contributed by atoms with Gasteiger partial charge < -0.3 is 10.6 Å². The summed E-state index contributed by atoms with van der Waals surface area (Å²) in [4.78, 5) is 26.7. The first-order chi connectivity index (χ1) is 12.1. The number of benzene rings is 2. The van der Waals surface area contributed by atoms with Crippen molar-refractivity contribution in [3.05, 3.63) is 42.0 Å². The largest absolute Gasteiger partial charge is 0.350 e. The molecule has 1 aliphatic heterocycles. The summed E-state index contributed by atoms with van der Waals surface area (Å²) in [6.07, 6.45) is 2.30. The van der Waals surface area contributed by atoms with E-state index in [4.69, 9.17) is 0 Å². The van der Waals surface area contributed by atoms with Gasteiger partial charge in [-0.1, -0.05) is 31.2 Å². The normalized spacial score (nSPS) is 17.6. The highest BCUT2D eigenvalue weighted by Gasteiger charge is 2.24. The van der Waals surface area contributed by atoms with Crippen molar-refractivity contribution < 1.29 is 9.59 Å². The molecule has 1 heterocycles. The molecule has 0 radical (unpaired) electrons. The minimum Gasteiger partial charge on any atom is -0.350 e. The first kappa shape index (κ1) is 17.4. The van der Waals surface area contributed by atoms with Crippen LogP contribution in [0.2, 0.25) is 0 Å². The first-order valence-electron chi connectivity index (χ1n) is 8.91. The Kier molecular flexibility index (Phi) is 5.34. The standard InChI is InChI=1S/C20H25N3O2/c1-3-23-10-6-9-17(23)13-21-20(25)18-11-15-7-4-5-8-16(15)12-19(18)22-14(2)24/h4-5,7-8,11-12,17H,3,6,9-10,13H2,1-2H3,(H,21,25)(H,22,24)/t17-/m0/s1. The highest BCUT2D eigenvalue weighted by molar-refractivity contribution is 6.07. The van der Waals surface area contributed by atoms with Crippen molar-refractivity contribution in [1.82, 2.24) is 10.2 Å². The molecule has 0 bridgehead atoms. The Labute approximate surface area is 148 Å². The zero-order valence-electron chi connectivity index (χ0n) is 14.8. The van der Waals surface area contributed by atoms with Crippen molar-refractivity contribution in [2.45, 2.75) is 32.7 Å². The second kappa shape index (κ2) is 7.66. The van der Waals surface area contributed by atoms with Crippen LogP contribution in [0.15, 0.2) is 36.4 Å². The van der Waals surface area contributed by atoms with Gasteiger partial charge in [0, 0.05) is 19.5 Å². The summed E-state index contributed by atoms with van der Waals surface area (Å²) in [7, 11) is 0. The maximum atomic E-state index is 12.8. The number of amides is 2. The summed E-state index contributed by atoms with van der Waals surface area (Å²) in [5, 5.41) is 7.82. The van der Waals surface area contributed by atoms with E-state index in [0.29, 0.717) is 23.8 Å². The number of rotatable bonds is 5. The van der Waals surface area contributed by atoms with Crippen LogP contribution in [0.1, 0.15) is 37.0 Å². The van der Waals surface area contributed by atoms with Gasteiger partial charge >= 0.3 is 0 Å². The van der Waals surface area contributed by atoms with Gasteiger partial charge in [-0.05, 0) is 48.8 Å². The topological polar surface area (TPSA) is 61.4 Å². The number of hydrogen-bond acceptors (Lipinski definition) is 3. The van der Waals surface area contributed by atoms with Crippen molar-refractivity contribution in [2.75, 3.05) is 25.0 Å². The van der Waals surface area contributed by atoms with Gasteiger partial charge in [0.2, 0.25) is 5.91 Å². The lowest BCUT2D eigenvalue weighted by atomic mass is 10.0. The second-order valence-corrected chi connectivity index (χ2v) is 6.56. The number of nitrogens with zero attached hydrogens (tertiary/aromatic N) is 1. The van der Waals surface area contributed by atoms with Crippen LogP contribution >= 0.6 is 0 Å². The summed E-state index contributed by atoms with van der Waals surface area (Å²) < 4.78 is 0. The zero-order chi connectivity index (χ0) is 17.8. The van der Waals surface area contributed by atoms with E-state index in [9.17, 15) is 9.59 Å². The van der Waals surface area contributed by atoms with Crippen molar-refractivity contribution in [2.24, 2.45) is 0 Å². The third kappa shape index (κ3) is 3.99. The molecule has 1 fully saturated rings. The number of nitrogens with one attached hydrogen (secondary N) is 2. The molecule has 3 rings (SSSR count). The highest BCUT2D eigenvalue weighted by atomic mass is 16.2. The van der Waals surface area contributed by atoms with E-state index in [1.165, 1.54) is 13.3 Å². The van der Waals surface area contributed by atoms with Crippen LogP contribution in [0.5, 0.6) is 0 Å². The molecule has 2 N–H and O–H groups in total. The molecule has 0 saturated carbocycles. The molecule has 2 amide bonds. The number of fused-ring (bicyclic) bond motifs is 1. The van der Waals surface area contributed by atoms with E-state index in [1.807, 2.05) is 36.4 Å². The van der Waals surface area contributed by atoms with E-state index >= 15 is 0 Å². The molecular formula is C20H25N3O2. The smallest absolute Gasteiger partial charge is 0.253 e. The number of likely N-dealkylation sites (tertiary alicyclic amines) is 1. The van der Waals surface area contributed by atoms with Crippen LogP contribution in [0.4, 0.5) is 5.69 Å². The fraction of sp³-hybridized carbons (Fsp3) is 0.400.